The monoisotopic (exact) mass is 266 g/mol. The quantitative estimate of drug-likeness (QED) is 0.821. The van der Waals surface area contributed by atoms with E-state index in [9.17, 15) is 4.79 Å². The van der Waals surface area contributed by atoms with Crippen molar-refractivity contribution in [2.24, 2.45) is 0 Å². The summed E-state index contributed by atoms with van der Waals surface area (Å²) < 4.78 is 9.89. The number of nitrogens with zero attached hydrogens (tertiary/aromatic N) is 1. The zero-order valence-corrected chi connectivity index (χ0v) is 11.6. The van der Waals surface area contributed by atoms with Crippen LogP contribution in [0.5, 0.6) is 0 Å². The lowest BCUT2D eigenvalue weighted by molar-refractivity contribution is 0.0562. The highest BCUT2D eigenvalue weighted by molar-refractivity contribution is 5.87. The lowest BCUT2D eigenvalue weighted by atomic mass is 10.0. The van der Waals surface area contributed by atoms with Gasteiger partial charge in [0.1, 0.15) is 0 Å². The number of likely N-dealkylation sites (N-methyl/N-ethyl adjacent to an activating group) is 1. The highest BCUT2D eigenvalue weighted by atomic mass is 16.5. The van der Waals surface area contributed by atoms with Gasteiger partial charge in [0.2, 0.25) is 5.76 Å². The molecule has 1 saturated heterocycles. The van der Waals surface area contributed by atoms with Gasteiger partial charge in [0, 0.05) is 24.7 Å². The van der Waals surface area contributed by atoms with E-state index < -0.39 is 5.97 Å². The number of carbonyl (C=O) groups is 1. The molecule has 0 saturated carbocycles. The van der Waals surface area contributed by atoms with Gasteiger partial charge in [0.15, 0.2) is 0 Å². The van der Waals surface area contributed by atoms with E-state index >= 15 is 0 Å². The van der Waals surface area contributed by atoms with Crippen molar-refractivity contribution in [1.29, 1.82) is 0 Å². The van der Waals surface area contributed by atoms with Gasteiger partial charge in [0.25, 0.3) is 0 Å². The first-order chi connectivity index (χ1) is 9.20. The second-order valence-electron chi connectivity index (χ2n) is 5.11. The molecule has 0 bridgehead atoms. The molecule has 106 valence electrons. The van der Waals surface area contributed by atoms with Crippen molar-refractivity contribution in [2.45, 2.75) is 31.8 Å². The number of furan rings is 1. The van der Waals surface area contributed by atoms with Gasteiger partial charge >= 0.3 is 5.97 Å². The Balaban J connectivity index is 1.89. The highest BCUT2D eigenvalue weighted by Gasteiger charge is 2.19. The summed E-state index contributed by atoms with van der Waals surface area (Å²) in [6.07, 6.45) is 5.33. The number of hydrogen-bond donors (Lipinski definition) is 1. The lowest BCUT2D eigenvalue weighted by Gasteiger charge is -2.28. The zero-order valence-electron chi connectivity index (χ0n) is 11.6. The molecule has 1 aromatic heterocycles. The number of ether oxygens (including phenoxy) is 1. The highest BCUT2D eigenvalue weighted by Crippen LogP contribution is 2.15. The van der Waals surface area contributed by atoms with Gasteiger partial charge in [-0.25, -0.2) is 4.79 Å². The van der Waals surface area contributed by atoms with Crippen molar-refractivity contribution in [3.05, 3.63) is 23.7 Å². The van der Waals surface area contributed by atoms with Crippen LogP contribution in [0.15, 0.2) is 16.7 Å². The third kappa shape index (κ3) is 3.81. The number of esters is 1. The second-order valence-corrected chi connectivity index (χ2v) is 5.11. The Morgan fingerprint density at radius 3 is 3.11 bits per heavy atom. The molecular weight excluding hydrogens is 244 g/mol. The minimum atomic E-state index is -0.413. The normalized spacial score (nSPS) is 19.6. The molecule has 1 aromatic rings. The molecule has 19 heavy (non-hydrogen) atoms. The van der Waals surface area contributed by atoms with Crippen LogP contribution in [0.25, 0.3) is 0 Å². The van der Waals surface area contributed by atoms with Crippen LogP contribution in [0.3, 0.4) is 0 Å². The SMILES string of the molecule is COC(=O)c1occc1CN(C)CC1CCCCN1. The summed E-state index contributed by atoms with van der Waals surface area (Å²) in [6, 6.07) is 2.38. The summed E-state index contributed by atoms with van der Waals surface area (Å²) in [5, 5.41) is 3.52. The first kappa shape index (κ1) is 14.1. The molecule has 2 rings (SSSR count). The summed E-state index contributed by atoms with van der Waals surface area (Å²) in [5.41, 5.74) is 0.880. The number of piperidine rings is 1. The Morgan fingerprint density at radius 2 is 2.42 bits per heavy atom. The molecule has 1 N–H and O–H groups in total. The van der Waals surface area contributed by atoms with E-state index in [-0.39, 0.29) is 0 Å². The van der Waals surface area contributed by atoms with Crippen LogP contribution in [-0.4, -0.2) is 44.2 Å². The Bertz CT molecular complexity index is 411. The van der Waals surface area contributed by atoms with Crippen molar-refractivity contribution in [1.82, 2.24) is 10.2 Å². The predicted molar refractivity (Wildman–Crippen MR) is 72.0 cm³/mol. The van der Waals surface area contributed by atoms with Crippen LogP contribution in [-0.2, 0) is 11.3 Å². The van der Waals surface area contributed by atoms with E-state index in [4.69, 9.17) is 9.15 Å². The summed E-state index contributed by atoms with van der Waals surface area (Å²) in [5.74, 6) is -0.102. The van der Waals surface area contributed by atoms with Crippen molar-refractivity contribution in [3.8, 4) is 0 Å². The van der Waals surface area contributed by atoms with E-state index in [1.54, 1.807) is 0 Å². The molecule has 1 fully saturated rings. The fraction of sp³-hybridized carbons (Fsp3) is 0.643. The molecule has 5 heteroatoms. The summed E-state index contributed by atoms with van der Waals surface area (Å²) in [7, 11) is 3.43. The minimum Gasteiger partial charge on any atom is -0.463 e. The van der Waals surface area contributed by atoms with E-state index in [0.29, 0.717) is 18.3 Å². The maximum absolute atomic E-state index is 11.5. The molecule has 1 atom stereocenters. The van der Waals surface area contributed by atoms with E-state index in [1.165, 1.54) is 32.6 Å². The molecule has 1 unspecified atom stereocenters. The van der Waals surface area contributed by atoms with Gasteiger partial charge in [0.05, 0.1) is 13.4 Å². The zero-order chi connectivity index (χ0) is 13.7. The number of rotatable bonds is 5. The van der Waals surface area contributed by atoms with Crippen LogP contribution in [0, 0.1) is 0 Å². The Kier molecular flexibility index (Phi) is 4.99. The maximum atomic E-state index is 11.5. The van der Waals surface area contributed by atoms with E-state index in [1.807, 2.05) is 6.07 Å². The van der Waals surface area contributed by atoms with Crippen molar-refractivity contribution < 1.29 is 13.9 Å². The Morgan fingerprint density at radius 1 is 1.58 bits per heavy atom. The number of hydrogen-bond acceptors (Lipinski definition) is 5. The lowest BCUT2D eigenvalue weighted by Crippen LogP contribution is -2.42. The fourth-order valence-corrected chi connectivity index (χ4v) is 2.54. The van der Waals surface area contributed by atoms with Crippen molar-refractivity contribution in [3.63, 3.8) is 0 Å². The topological polar surface area (TPSA) is 54.7 Å². The Hall–Kier alpha value is -1.33. The number of methoxy groups -OCH3 is 1. The first-order valence-electron chi connectivity index (χ1n) is 6.77. The van der Waals surface area contributed by atoms with Crippen molar-refractivity contribution in [2.75, 3.05) is 27.2 Å². The first-order valence-corrected chi connectivity index (χ1v) is 6.77. The standard InChI is InChI=1S/C14H22N2O3/c1-16(10-12-5-3-4-7-15-12)9-11-6-8-19-13(11)14(17)18-2/h6,8,12,15H,3-5,7,9-10H2,1-2H3. The molecule has 1 aliphatic rings. The average Bonchev–Trinajstić information content (AvgIpc) is 2.87. The molecule has 0 aliphatic carbocycles. The molecular formula is C14H22N2O3. The molecule has 5 nitrogen and oxygen atoms in total. The smallest absolute Gasteiger partial charge is 0.374 e. The average molecular weight is 266 g/mol. The van der Waals surface area contributed by atoms with Gasteiger partial charge < -0.3 is 19.4 Å². The van der Waals surface area contributed by atoms with Crippen LogP contribution in [0.4, 0.5) is 0 Å². The van der Waals surface area contributed by atoms with E-state index in [0.717, 1.165) is 18.7 Å². The summed E-state index contributed by atoms with van der Waals surface area (Å²) >= 11 is 0. The second kappa shape index (κ2) is 6.73. The van der Waals surface area contributed by atoms with Gasteiger partial charge in [-0.15, -0.1) is 0 Å². The van der Waals surface area contributed by atoms with Gasteiger partial charge in [-0.1, -0.05) is 6.42 Å². The van der Waals surface area contributed by atoms with Crippen LogP contribution >= 0.6 is 0 Å². The maximum Gasteiger partial charge on any atom is 0.374 e. The van der Waals surface area contributed by atoms with Crippen LogP contribution in [0.2, 0.25) is 0 Å². The third-order valence-corrected chi connectivity index (χ3v) is 3.50. The van der Waals surface area contributed by atoms with Gasteiger partial charge in [-0.05, 0) is 32.5 Å². The van der Waals surface area contributed by atoms with Crippen molar-refractivity contribution >= 4 is 5.97 Å². The molecule has 1 aliphatic heterocycles. The van der Waals surface area contributed by atoms with E-state index in [2.05, 4.69) is 17.3 Å². The summed E-state index contributed by atoms with van der Waals surface area (Å²) in [6.45, 7) is 2.78. The number of carbonyl (C=O) groups excluding carboxylic acids is 1. The summed E-state index contributed by atoms with van der Waals surface area (Å²) in [4.78, 5) is 13.7. The van der Waals surface area contributed by atoms with Gasteiger partial charge in [-0.3, -0.25) is 0 Å². The molecule has 0 amide bonds. The fourth-order valence-electron chi connectivity index (χ4n) is 2.54. The predicted octanol–water partition coefficient (Wildman–Crippen LogP) is 1.64. The van der Waals surface area contributed by atoms with Crippen LogP contribution in [0.1, 0.15) is 35.4 Å². The molecule has 2 heterocycles. The Labute approximate surface area is 113 Å². The van der Waals surface area contributed by atoms with Gasteiger partial charge in [-0.2, -0.15) is 0 Å². The molecule has 0 radical (unpaired) electrons. The molecule has 0 spiro atoms. The largest absolute Gasteiger partial charge is 0.463 e. The third-order valence-electron chi connectivity index (χ3n) is 3.50. The molecule has 0 aromatic carbocycles. The number of nitrogens with one attached hydrogen (secondary N) is 1. The minimum absolute atomic E-state index is 0.311. The van der Waals surface area contributed by atoms with Crippen LogP contribution < -0.4 is 5.32 Å².